The van der Waals surface area contributed by atoms with Crippen LogP contribution >= 0.6 is 0 Å². The van der Waals surface area contributed by atoms with E-state index in [9.17, 15) is 0 Å². The molecule has 0 aliphatic heterocycles. The first-order valence-corrected chi connectivity index (χ1v) is 6.65. The van der Waals surface area contributed by atoms with Crippen molar-refractivity contribution in [1.82, 2.24) is 0 Å². The molecule has 1 heteroatoms. The third-order valence-corrected chi connectivity index (χ3v) is 4.00. The highest BCUT2D eigenvalue weighted by atomic mass is 14.6. The molecule has 0 bridgehead atoms. The second-order valence-electron chi connectivity index (χ2n) is 5.28. The van der Waals surface area contributed by atoms with E-state index in [1.165, 1.54) is 28.7 Å². The number of hydrogen-bond donors (Lipinski definition) is 1. The minimum absolute atomic E-state index is 0.693. The number of benzene rings is 2. The molecule has 2 N–H and O–H groups in total. The SMILES string of the molecule is Cc1ccccc1-c1cccc([C@@H]2C[C@H]2CN)c1. The van der Waals surface area contributed by atoms with E-state index in [0.717, 1.165) is 6.54 Å². The second-order valence-corrected chi connectivity index (χ2v) is 5.28. The van der Waals surface area contributed by atoms with Crippen LogP contribution < -0.4 is 5.73 Å². The highest BCUT2D eigenvalue weighted by Crippen LogP contribution is 2.47. The summed E-state index contributed by atoms with van der Waals surface area (Å²) in [7, 11) is 0. The quantitative estimate of drug-likeness (QED) is 0.865. The monoisotopic (exact) mass is 237 g/mol. The summed E-state index contributed by atoms with van der Waals surface area (Å²) in [6.07, 6.45) is 1.26. The molecule has 0 amide bonds. The first-order chi connectivity index (χ1) is 8.79. The van der Waals surface area contributed by atoms with E-state index in [1.807, 2.05) is 0 Å². The zero-order valence-electron chi connectivity index (χ0n) is 10.8. The summed E-state index contributed by atoms with van der Waals surface area (Å²) in [6.45, 7) is 2.99. The maximum absolute atomic E-state index is 5.73. The minimum Gasteiger partial charge on any atom is -0.330 e. The summed E-state index contributed by atoms with van der Waals surface area (Å²) in [5.74, 6) is 1.40. The van der Waals surface area contributed by atoms with Gasteiger partial charge in [-0.3, -0.25) is 0 Å². The fraction of sp³-hybridized carbons (Fsp3) is 0.294. The van der Waals surface area contributed by atoms with Gasteiger partial charge in [0.2, 0.25) is 0 Å². The molecule has 0 radical (unpaired) electrons. The predicted molar refractivity (Wildman–Crippen MR) is 76.5 cm³/mol. The molecule has 1 nitrogen and oxygen atoms in total. The lowest BCUT2D eigenvalue weighted by molar-refractivity contribution is 0.810. The summed E-state index contributed by atoms with van der Waals surface area (Å²) in [6, 6.07) is 17.5. The molecule has 1 aliphatic carbocycles. The molecule has 2 atom stereocenters. The van der Waals surface area contributed by atoms with E-state index in [2.05, 4.69) is 55.5 Å². The van der Waals surface area contributed by atoms with Gasteiger partial charge in [0.1, 0.15) is 0 Å². The molecule has 0 unspecified atom stereocenters. The van der Waals surface area contributed by atoms with Crippen LogP contribution in [-0.4, -0.2) is 6.54 Å². The van der Waals surface area contributed by atoms with Gasteiger partial charge in [0.05, 0.1) is 0 Å². The van der Waals surface area contributed by atoms with Crippen LogP contribution in [0.1, 0.15) is 23.5 Å². The number of nitrogens with two attached hydrogens (primary N) is 1. The van der Waals surface area contributed by atoms with Crippen LogP contribution in [0.15, 0.2) is 48.5 Å². The molecule has 0 aromatic heterocycles. The van der Waals surface area contributed by atoms with Gasteiger partial charge in [-0.05, 0) is 54.0 Å². The van der Waals surface area contributed by atoms with Crippen molar-refractivity contribution in [2.45, 2.75) is 19.3 Å². The average Bonchev–Trinajstić information content (AvgIpc) is 3.19. The van der Waals surface area contributed by atoms with Gasteiger partial charge < -0.3 is 5.73 Å². The van der Waals surface area contributed by atoms with E-state index in [4.69, 9.17) is 5.73 Å². The molecule has 0 spiro atoms. The van der Waals surface area contributed by atoms with Gasteiger partial charge in [-0.15, -0.1) is 0 Å². The smallest absolute Gasteiger partial charge is 0.00428 e. The van der Waals surface area contributed by atoms with Crippen molar-refractivity contribution in [3.63, 3.8) is 0 Å². The average molecular weight is 237 g/mol. The highest BCUT2D eigenvalue weighted by molar-refractivity contribution is 5.68. The first-order valence-electron chi connectivity index (χ1n) is 6.65. The Kier molecular flexibility index (Phi) is 2.92. The maximum atomic E-state index is 5.73. The summed E-state index contributed by atoms with van der Waals surface area (Å²) in [5, 5.41) is 0. The Morgan fingerprint density at radius 1 is 1.11 bits per heavy atom. The lowest BCUT2D eigenvalue weighted by atomic mass is 9.97. The summed E-state index contributed by atoms with van der Waals surface area (Å²) in [4.78, 5) is 0. The van der Waals surface area contributed by atoms with Crippen molar-refractivity contribution in [2.75, 3.05) is 6.54 Å². The topological polar surface area (TPSA) is 26.0 Å². The number of aryl methyl sites for hydroxylation is 1. The lowest BCUT2D eigenvalue weighted by Gasteiger charge is -2.08. The summed E-state index contributed by atoms with van der Waals surface area (Å²) < 4.78 is 0. The fourth-order valence-corrected chi connectivity index (χ4v) is 2.75. The Balaban J connectivity index is 1.95. The van der Waals surface area contributed by atoms with Crippen LogP contribution in [0, 0.1) is 12.8 Å². The molecule has 0 saturated heterocycles. The minimum atomic E-state index is 0.693. The van der Waals surface area contributed by atoms with Crippen molar-refractivity contribution in [2.24, 2.45) is 11.7 Å². The standard InChI is InChI=1S/C17H19N/c1-12-5-2-3-8-16(12)13-6-4-7-14(9-13)17-10-15(17)11-18/h2-9,15,17H,10-11,18H2,1H3/t15-,17-/m0/s1. The molecule has 92 valence electrons. The second kappa shape index (κ2) is 4.58. The van der Waals surface area contributed by atoms with Crippen molar-refractivity contribution in [3.8, 4) is 11.1 Å². The molecule has 1 fully saturated rings. The van der Waals surface area contributed by atoms with Crippen LogP contribution in [0.2, 0.25) is 0 Å². The Hall–Kier alpha value is -1.60. The van der Waals surface area contributed by atoms with Gasteiger partial charge >= 0.3 is 0 Å². The summed E-state index contributed by atoms with van der Waals surface area (Å²) >= 11 is 0. The van der Waals surface area contributed by atoms with Crippen molar-refractivity contribution >= 4 is 0 Å². The van der Waals surface area contributed by atoms with Crippen molar-refractivity contribution < 1.29 is 0 Å². The fourth-order valence-electron chi connectivity index (χ4n) is 2.75. The van der Waals surface area contributed by atoms with Crippen LogP contribution in [-0.2, 0) is 0 Å². The largest absolute Gasteiger partial charge is 0.330 e. The van der Waals surface area contributed by atoms with Gasteiger partial charge in [0.25, 0.3) is 0 Å². The van der Waals surface area contributed by atoms with E-state index >= 15 is 0 Å². The van der Waals surface area contributed by atoms with E-state index < -0.39 is 0 Å². The molecular weight excluding hydrogens is 218 g/mol. The molecule has 2 aromatic rings. The molecule has 2 aromatic carbocycles. The van der Waals surface area contributed by atoms with E-state index in [0.29, 0.717) is 11.8 Å². The van der Waals surface area contributed by atoms with Gasteiger partial charge in [0, 0.05) is 0 Å². The highest BCUT2D eigenvalue weighted by Gasteiger charge is 2.36. The Morgan fingerprint density at radius 2 is 1.94 bits per heavy atom. The number of hydrogen-bond acceptors (Lipinski definition) is 1. The van der Waals surface area contributed by atoms with Crippen LogP contribution in [0.4, 0.5) is 0 Å². The Morgan fingerprint density at radius 3 is 2.67 bits per heavy atom. The molecule has 1 aliphatic rings. The summed E-state index contributed by atoms with van der Waals surface area (Å²) in [5.41, 5.74) is 11.2. The van der Waals surface area contributed by atoms with E-state index in [1.54, 1.807) is 0 Å². The van der Waals surface area contributed by atoms with Crippen LogP contribution in [0.3, 0.4) is 0 Å². The van der Waals surface area contributed by atoms with Crippen LogP contribution in [0.25, 0.3) is 11.1 Å². The first kappa shape index (κ1) is 11.5. The van der Waals surface area contributed by atoms with E-state index in [-0.39, 0.29) is 0 Å². The third kappa shape index (κ3) is 2.06. The van der Waals surface area contributed by atoms with Crippen LogP contribution in [0.5, 0.6) is 0 Å². The maximum Gasteiger partial charge on any atom is -0.00428 e. The zero-order chi connectivity index (χ0) is 12.5. The molecular formula is C17H19N. The van der Waals surface area contributed by atoms with Crippen molar-refractivity contribution in [1.29, 1.82) is 0 Å². The molecule has 1 saturated carbocycles. The Labute approximate surface area is 109 Å². The Bertz CT molecular complexity index is 559. The van der Waals surface area contributed by atoms with Gasteiger partial charge in [-0.25, -0.2) is 0 Å². The number of rotatable bonds is 3. The predicted octanol–water partition coefficient (Wildman–Crippen LogP) is 3.72. The molecule has 0 heterocycles. The molecule has 18 heavy (non-hydrogen) atoms. The van der Waals surface area contributed by atoms with Gasteiger partial charge in [-0.2, -0.15) is 0 Å². The van der Waals surface area contributed by atoms with Gasteiger partial charge in [-0.1, -0.05) is 48.5 Å². The zero-order valence-corrected chi connectivity index (χ0v) is 10.8. The molecule has 3 rings (SSSR count). The van der Waals surface area contributed by atoms with Gasteiger partial charge in [0.15, 0.2) is 0 Å². The lowest BCUT2D eigenvalue weighted by Crippen LogP contribution is -2.01. The van der Waals surface area contributed by atoms with Crippen molar-refractivity contribution in [3.05, 3.63) is 59.7 Å². The third-order valence-electron chi connectivity index (χ3n) is 4.00. The normalized spacial score (nSPS) is 21.9.